The van der Waals surface area contributed by atoms with Crippen molar-refractivity contribution >= 4 is 23.0 Å². The number of aromatic nitrogens is 1. The summed E-state index contributed by atoms with van der Waals surface area (Å²) in [6.07, 6.45) is 1.19. The molecule has 0 fully saturated rings. The summed E-state index contributed by atoms with van der Waals surface area (Å²) in [5, 5.41) is 10.8. The first-order valence-corrected chi connectivity index (χ1v) is 11.2. The number of pyridine rings is 1. The van der Waals surface area contributed by atoms with Gasteiger partial charge in [-0.15, -0.1) is 0 Å². The predicted octanol–water partition coefficient (Wildman–Crippen LogP) is 5.11. The maximum atomic E-state index is 12.9. The highest BCUT2D eigenvalue weighted by Crippen LogP contribution is 2.44. The molecule has 0 saturated heterocycles. The van der Waals surface area contributed by atoms with Crippen LogP contribution in [0.25, 0.3) is 22.0 Å². The van der Waals surface area contributed by atoms with Crippen LogP contribution in [0.3, 0.4) is 0 Å². The Morgan fingerprint density at radius 1 is 0.971 bits per heavy atom. The van der Waals surface area contributed by atoms with Crippen molar-refractivity contribution in [3.8, 4) is 11.1 Å². The van der Waals surface area contributed by atoms with Gasteiger partial charge in [-0.05, 0) is 39.9 Å². The number of fused-ring (bicyclic) bond motifs is 4. The molecule has 0 spiro atoms. The molecule has 170 valence electrons. The number of nitrogens with zero attached hydrogens (tertiary/aromatic N) is 2. The van der Waals surface area contributed by atoms with E-state index in [2.05, 4.69) is 17.1 Å². The Bertz CT molecular complexity index is 1340. The normalized spacial score (nSPS) is 13.2. The van der Waals surface area contributed by atoms with Crippen LogP contribution in [0.4, 0.5) is 4.79 Å². The molecule has 1 N–H and O–H groups in total. The number of rotatable bonds is 6. The number of ether oxygens (including phenoxy) is 1. The van der Waals surface area contributed by atoms with Crippen LogP contribution in [-0.4, -0.2) is 46.7 Å². The van der Waals surface area contributed by atoms with Gasteiger partial charge in [0.2, 0.25) is 0 Å². The highest BCUT2D eigenvalue weighted by molar-refractivity contribution is 5.82. The molecule has 3 aromatic carbocycles. The first-order chi connectivity index (χ1) is 16.5. The first kappa shape index (κ1) is 21.6. The smallest absolute Gasteiger partial charge is 0.410 e. The number of carboxylic acid groups (broad SMARTS) is 1. The second-order valence-corrected chi connectivity index (χ2v) is 8.50. The van der Waals surface area contributed by atoms with E-state index in [1.54, 1.807) is 6.20 Å². The van der Waals surface area contributed by atoms with E-state index in [9.17, 15) is 14.7 Å². The van der Waals surface area contributed by atoms with Crippen molar-refractivity contribution in [1.29, 1.82) is 0 Å². The minimum atomic E-state index is -1.09. The Hall–Kier alpha value is -4.19. The summed E-state index contributed by atoms with van der Waals surface area (Å²) >= 11 is 0. The number of carboxylic acids is 1. The van der Waals surface area contributed by atoms with Gasteiger partial charge in [-0.3, -0.25) is 9.88 Å². The van der Waals surface area contributed by atoms with Gasteiger partial charge >= 0.3 is 12.1 Å². The van der Waals surface area contributed by atoms with Gasteiger partial charge in [0, 0.05) is 31.0 Å². The van der Waals surface area contributed by atoms with Gasteiger partial charge in [-0.1, -0.05) is 66.7 Å². The molecule has 0 aliphatic heterocycles. The Balaban J connectivity index is 1.31. The monoisotopic (exact) mass is 452 g/mol. The van der Waals surface area contributed by atoms with Gasteiger partial charge in [-0.25, -0.2) is 9.59 Å². The molecule has 0 saturated carbocycles. The third kappa shape index (κ3) is 3.99. The number of hydrogen-bond acceptors (Lipinski definition) is 4. The van der Waals surface area contributed by atoms with E-state index in [1.807, 2.05) is 66.7 Å². The van der Waals surface area contributed by atoms with E-state index < -0.39 is 18.1 Å². The number of likely N-dealkylation sites (N-methyl/N-ethyl adjacent to an activating group) is 1. The lowest BCUT2D eigenvalue weighted by atomic mass is 9.98. The maximum Gasteiger partial charge on any atom is 0.410 e. The number of carbonyl (C=O) groups excluding carboxylic acids is 1. The fraction of sp³-hybridized carbons (Fsp3) is 0.179. The van der Waals surface area contributed by atoms with Crippen molar-refractivity contribution in [3.63, 3.8) is 0 Å². The van der Waals surface area contributed by atoms with Gasteiger partial charge in [0.05, 0.1) is 5.52 Å². The Labute approximate surface area is 197 Å². The van der Waals surface area contributed by atoms with Crippen molar-refractivity contribution in [3.05, 3.63) is 102 Å². The zero-order valence-corrected chi connectivity index (χ0v) is 18.7. The molecule has 6 nitrogen and oxygen atoms in total. The van der Waals surface area contributed by atoms with Gasteiger partial charge in [0.25, 0.3) is 0 Å². The predicted molar refractivity (Wildman–Crippen MR) is 130 cm³/mol. The molecule has 6 heteroatoms. The van der Waals surface area contributed by atoms with Gasteiger partial charge < -0.3 is 9.84 Å². The van der Waals surface area contributed by atoms with Crippen molar-refractivity contribution in [1.82, 2.24) is 9.88 Å². The molecule has 0 radical (unpaired) electrons. The van der Waals surface area contributed by atoms with Crippen LogP contribution < -0.4 is 0 Å². The van der Waals surface area contributed by atoms with E-state index in [0.717, 1.165) is 43.6 Å². The summed E-state index contributed by atoms with van der Waals surface area (Å²) in [6.45, 7) is 0.142. The minimum absolute atomic E-state index is 0.0837. The first-order valence-electron chi connectivity index (χ1n) is 11.2. The molecule has 1 amide bonds. The van der Waals surface area contributed by atoms with Crippen molar-refractivity contribution in [2.45, 2.75) is 18.4 Å². The van der Waals surface area contributed by atoms with Crippen LogP contribution in [0.1, 0.15) is 22.6 Å². The second-order valence-electron chi connectivity index (χ2n) is 8.50. The maximum absolute atomic E-state index is 12.9. The SMILES string of the molecule is CN(C(=O)OCC1c2ccccc2-c2ccccc21)[C@H](Cc1ccc2cccnc2c1)C(=O)O. The fourth-order valence-corrected chi connectivity index (χ4v) is 4.68. The fourth-order valence-electron chi connectivity index (χ4n) is 4.68. The summed E-state index contributed by atoms with van der Waals surface area (Å²) in [5.41, 5.74) is 6.07. The summed E-state index contributed by atoms with van der Waals surface area (Å²) in [6, 6.07) is 24.6. The average Bonchev–Trinajstić information content (AvgIpc) is 3.19. The van der Waals surface area contributed by atoms with E-state index in [-0.39, 0.29) is 18.9 Å². The third-order valence-electron chi connectivity index (χ3n) is 6.48. The molecule has 1 atom stereocenters. The number of amides is 1. The Morgan fingerprint density at radius 2 is 1.65 bits per heavy atom. The standard InChI is InChI=1S/C28H24N2O4/c1-30(26(27(31)32)16-18-12-13-19-7-6-14-29-25(19)15-18)28(33)34-17-24-22-10-4-2-8-20(22)21-9-3-5-11-23(21)24/h2-15,24,26H,16-17H2,1H3,(H,31,32)/t26-/m1/s1. The molecule has 0 bridgehead atoms. The van der Waals surface area contributed by atoms with Crippen LogP contribution in [-0.2, 0) is 16.0 Å². The molecule has 1 heterocycles. The minimum Gasteiger partial charge on any atom is -0.480 e. The van der Waals surface area contributed by atoms with E-state index in [0.29, 0.717) is 0 Å². The molecule has 4 aromatic rings. The quantitative estimate of drug-likeness (QED) is 0.440. The van der Waals surface area contributed by atoms with Crippen molar-refractivity contribution < 1.29 is 19.4 Å². The number of aliphatic carboxylic acids is 1. The third-order valence-corrected chi connectivity index (χ3v) is 6.48. The van der Waals surface area contributed by atoms with Crippen molar-refractivity contribution in [2.24, 2.45) is 0 Å². The second kappa shape index (κ2) is 8.98. The molecular weight excluding hydrogens is 428 g/mol. The van der Waals surface area contributed by atoms with Crippen LogP contribution >= 0.6 is 0 Å². The van der Waals surface area contributed by atoms with Crippen LogP contribution in [0, 0.1) is 0 Å². The molecule has 34 heavy (non-hydrogen) atoms. The lowest BCUT2D eigenvalue weighted by Gasteiger charge is -2.25. The summed E-state index contributed by atoms with van der Waals surface area (Å²) < 4.78 is 5.65. The van der Waals surface area contributed by atoms with E-state index in [4.69, 9.17) is 4.74 Å². The van der Waals surface area contributed by atoms with Gasteiger partial charge in [0.1, 0.15) is 12.6 Å². The zero-order chi connectivity index (χ0) is 23.7. The highest BCUT2D eigenvalue weighted by atomic mass is 16.6. The van der Waals surface area contributed by atoms with Gasteiger partial charge in [0.15, 0.2) is 0 Å². The van der Waals surface area contributed by atoms with E-state index in [1.165, 1.54) is 7.05 Å². The van der Waals surface area contributed by atoms with Crippen molar-refractivity contribution in [2.75, 3.05) is 13.7 Å². The van der Waals surface area contributed by atoms with Crippen LogP contribution in [0.15, 0.2) is 85.1 Å². The zero-order valence-electron chi connectivity index (χ0n) is 18.7. The van der Waals surface area contributed by atoms with E-state index >= 15 is 0 Å². The number of carbonyl (C=O) groups is 2. The highest BCUT2D eigenvalue weighted by Gasteiger charge is 2.32. The number of hydrogen-bond donors (Lipinski definition) is 1. The average molecular weight is 453 g/mol. The Morgan fingerprint density at radius 3 is 2.32 bits per heavy atom. The summed E-state index contributed by atoms with van der Waals surface area (Å²) in [4.78, 5) is 30.4. The lowest BCUT2D eigenvalue weighted by molar-refractivity contribution is -0.142. The Kier molecular flexibility index (Phi) is 5.72. The molecule has 1 aromatic heterocycles. The van der Waals surface area contributed by atoms with Crippen LogP contribution in [0.2, 0.25) is 0 Å². The lowest BCUT2D eigenvalue weighted by Crippen LogP contribution is -2.44. The molecule has 1 aliphatic carbocycles. The molecule has 5 rings (SSSR count). The largest absolute Gasteiger partial charge is 0.480 e. The van der Waals surface area contributed by atoms with Crippen LogP contribution in [0.5, 0.6) is 0 Å². The molecular formula is C28H24N2O4. The number of benzene rings is 3. The molecule has 0 unspecified atom stereocenters. The topological polar surface area (TPSA) is 79.7 Å². The molecule has 1 aliphatic rings. The summed E-state index contributed by atoms with van der Waals surface area (Å²) in [5.74, 6) is -1.17. The van der Waals surface area contributed by atoms with Gasteiger partial charge in [-0.2, -0.15) is 0 Å². The summed E-state index contributed by atoms with van der Waals surface area (Å²) in [7, 11) is 1.47.